The third-order valence-corrected chi connectivity index (χ3v) is 3.93. The lowest BCUT2D eigenvalue weighted by Crippen LogP contribution is -2.38. The summed E-state index contributed by atoms with van der Waals surface area (Å²) in [5.74, 6) is 0.367. The van der Waals surface area contributed by atoms with Crippen LogP contribution in [0.25, 0.3) is 11.4 Å². The van der Waals surface area contributed by atoms with Gasteiger partial charge in [0.1, 0.15) is 0 Å². The molecular weight excluding hydrogens is 286 g/mol. The fraction of sp³-hybridized carbons (Fsp3) is 0.400. The van der Waals surface area contributed by atoms with E-state index in [4.69, 9.17) is 9.26 Å². The molecule has 0 spiro atoms. The van der Waals surface area contributed by atoms with Crippen LogP contribution in [0.3, 0.4) is 0 Å². The van der Waals surface area contributed by atoms with Crippen molar-refractivity contribution in [2.75, 3.05) is 20.3 Å². The number of amides is 1. The van der Waals surface area contributed by atoms with Gasteiger partial charge in [0.25, 0.3) is 5.91 Å². The van der Waals surface area contributed by atoms with Gasteiger partial charge >= 0.3 is 0 Å². The van der Waals surface area contributed by atoms with Gasteiger partial charge in [0, 0.05) is 24.8 Å². The van der Waals surface area contributed by atoms with Crippen LogP contribution in [0.2, 0.25) is 0 Å². The molecule has 116 valence electrons. The van der Waals surface area contributed by atoms with Crippen LogP contribution in [-0.2, 0) is 4.74 Å². The van der Waals surface area contributed by atoms with Crippen LogP contribution in [0.1, 0.15) is 16.8 Å². The molecule has 1 aromatic heterocycles. The number of aliphatic hydroxyl groups is 1. The van der Waals surface area contributed by atoms with E-state index in [1.54, 1.807) is 36.3 Å². The van der Waals surface area contributed by atoms with Crippen molar-refractivity contribution in [2.24, 2.45) is 0 Å². The van der Waals surface area contributed by atoms with Gasteiger partial charge in [-0.1, -0.05) is 17.3 Å². The van der Waals surface area contributed by atoms with E-state index in [-0.39, 0.29) is 24.7 Å². The Labute approximate surface area is 127 Å². The highest BCUT2D eigenvalue weighted by molar-refractivity contribution is 5.95. The number of aliphatic hydroxyl groups excluding tert-OH is 1. The van der Waals surface area contributed by atoms with E-state index in [1.807, 2.05) is 0 Å². The maximum atomic E-state index is 12.6. The molecule has 1 aliphatic rings. The minimum Gasteiger partial charge on any atom is -0.394 e. The van der Waals surface area contributed by atoms with E-state index in [9.17, 15) is 9.90 Å². The van der Waals surface area contributed by atoms with E-state index in [0.717, 1.165) is 5.56 Å². The van der Waals surface area contributed by atoms with Crippen molar-refractivity contribution >= 4 is 5.91 Å². The van der Waals surface area contributed by atoms with Crippen LogP contribution in [0.15, 0.2) is 35.2 Å². The summed E-state index contributed by atoms with van der Waals surface area (Å²) in [5.41, 5.74) is 1.34. The van der Waals surface area contributed by atoms with Crippen molar-refractivity contribution in [2.45, 2.75) is 18.6 Å². The zero-order valence-electron chi connectivity index (χ0n) is 12.2. The maximum Gasteiger partial charge on any atom is 0.254 e. The van der Waals surface area contributed by atoms with Crippen LogP contribution in [0, 0.1) is 0 Å². The lowest BCUT2D eigenvalue weighted by atomic mass is 10.1. The number of methoxy groups -OCH3 is 1. The topological polar surface area (TPSA) is 88.7 Å². The normalized spacial score (nSPS) is 21.3. The molecule has 1 amide bonds. The third kappa shape index (κ3) is 2.72. The van der Waals surface area contributed by atoms with Gasteiger partial charge in [-0.15, -0.1) is 0 Å². The molecule has 0 aliphatic carbocycles. The predicted molar refractivity (Wildman–Crippen MR) is 77.1 cm³/mol. The molecule has 1 aliphatic heterocycles. The number of hydrogen-bond acceptors (Lipinski definition) is 6. The quantitative estimate of drug-likeness (QED) is 0.905. The molecule has 0 radical (unpaired) electrons. The second kappa shape index (κ2) is 6.25. The number of carbonyl (C=O) groups is 1. The molecule has 2 aromatic rings. The number of carbonyl (C=O) groups excluding carboxylic acids is 1. The summed E-state index contributed by atoms with van der Waals surface area (Å²) in [6.45, 7) is 0.430. The van der Waals surface area contributed by atoms with Crippen molar-refractivity contribution in [3.8, 4) is 11.4 Å². The molecule has 0 unspecified atom stereocenters. The molecule has 1 N–H and O–H groups in total. The summed E-state index contributed by atoms with van der Waals surface area (Å²) in [6.07, 6.45) is 1.88. The Balaban J connectivity index is 1.77. The second-order valence-electron chi connectivity index (χ2n) is 5.22. The van der Waals surface area contributed by atoms with Gasteiger partial charge in [-0.2, -0.15) is 4.98 Å². The smallest absolute Gasteiger partial charge is 0.254 e. The number of ether oxygens (including phenoxy) is 1. The second-order valence-corrected chi connectivity index (χ2v) is 5.22. The fourth-order valence-electron chi connectivity index (χ4n) is 2.69. The Morgan fingerprint density at radius 1 is 1.45 bits per heavy atom. The minimum absolute atomic E-state index is 0.0281. The first-order valence-corrected chi connectivity index (χ1v) is 7.04. The van der Waals surface area contributed by atoms with Gasteiger partial charge in [-0.3, -0.25) is 4.79 Å². The first-order chi connectivity index (χ1) is 10.7. The largest absolute Gasteiger partial charge is 0.394 e. The van der Waals surface area contributed by atoms with Gasteiger partial charge in [-0.25, -0.2) is 0 Å². The van der Waals surface area contributed by atoms with Crippen molar-refractivity contribution < 1.29 is 19.2 Å². The molecule has 7 nitrogen and oxygen atoms in total. The molecule has 1 saturated heterocycles. The van der Waals surface area contributed by atoms with E-state index < -0.39 is 0 Å². The lowest BCUT2D eigenvalue weighted by molar-refractivity contribution is 0.0648. The average molecular weight is 303 g/mol. The third-order valence-electron chi connectivity index (χ3n) is 3.93. The number of likely N-dealkylation sites (tertiary alicyclic amines) is 1. The van der Waals surface area contributed by atoms with E-state index >= 15 is 0 Å². The molecule has 0 bridgehead atoms. The SMILES string of the molecule is CO[C@@H]1C[C@@H](CO)N(C(=O)c2ccc(-c3ncon3)cc2)C1. The highest BCUT2D eigenvalue weighted by Gasteiger charge is 2.35. The van der Waals surface area contributed by atoms with Crippen molar-refractivity contribution in [3.63, 3.8) is 0 Å². The Hall–Kier alpha value is -2.25. The summed E-state index contributed by atoms with van der Waals surface area (Å²) in [6, 6.07) is 6.80. The zero-order chi connectivity index (χ0) is 15.5. The minimum atomic E-state index is -0.200. The number of hydrogen-bond donors (Lipinski definition) is 1. The Bertz CT molecular complexity index is 627. The summed E-state index contributed by atoms with van der Waals surface area (Å²) >= 11 is 0. The van der Waals surface area contributed by atoms with Crippen molar-refractivity contribution in [1.29, 1.82) is 0 Å². The molecule has 1 fully saturated rings. The Morgan fingerprint density at radius 2 is 2.23 bits per heavy atom. The van der Waals surface area contributed by atoms with E-state index in [2.05, 4.69) is 10.1 Å². The molecule has 2 heterocycles. The number of aromatic nitrogens is 2. The van der Waals surface area contributed by atoms with Crippen molar-refractivity contribution in [1.82, 2.24) is 15.0 Å². The maximum absolute atomic E-state index is 12.6. The van der Waals surface area contributed by atoms with Crippen molar-refractivity contribution in [3.05, 3.63) is 36.2 Å². The summed E-state index contributed by atoms with van der Waals surface area (Å²) in [7, 11) is 1.62. The first kappa shape index (κ1) is 14.7. The van der Waals surface area contributed by atoms with Gasteiger partial charge in [-0.05, 0) is 18.6 Å². The predicted octanol–water partition coefficient (Wildman–Crippen LogP) is 0.958. The van der Waals surface area contributed by atoms with Crippen LogP contribution in [0.5, 0.6) is 0 Å². The van der Waals surface area contributed by atoms with E-state index in [1.165, 1.54) is 6.39 Å². The Morgan fingerprint density at radius 3 is 2.82 bits per heavy atom. The van der Waals surface area contributed by atoms with Crippen LogP contribution >= 0.6 is 0 Å². The van der Waals surface area contributed by atoms with Gasteiger partial charge < -0.3 is 19.3 Å². The first-order valence-electron chi connectivity index (χ1n) is 7.04. The van der Waals surface area contributed by atoms with Crippen LogP contribution < -0.4 is 0 Å². The van der Waals surface area contributed by atoms with Crippen LogP contribution in [-0.4, -0.2) is 58.5 Å². The lowest BCUT2D eigenvalue weighted by Gasteiger charge is -2.22. The standard InChI is InChI=1S/C15H17N3O4/c1-21-13-6-12(8-19)18(7-13)15(20)11-4-2-10(3-5-11)14-16-9-22-17-14/h2-5,9,12-13,19H,6-8H2,1H3/t12-,13+/m0/s1. The number of rotatable bonds is 4. The molecular formula is C15H17N3O4. The summed E-state index contributed by atoms with van der Waals surface area (Å²) in [4.78, 5) is 18.2. The molecule has 22 heavy (non-hydrogen) atoms. The molecule has 7 heteroatoms. The summed E-state index contributed by atoms with van der Waals surface area (Å²) < 4.78 is 10.00. The zero-order valence-corrected chi connectivity index (χ0v) is 12.2. The average Bonchev–Trinajstić information content (AvgIpc) is 3.23. The number of benzene rings is 1. The highest BCUT2D eigenvalue weighted by Crippen LogP contribution is 2.23. The number of nitrogens with zero attached hydrogens (tertiary/aromatic N) is 3. The molecule has 2 atom stereocenters. The summed E-state index contributed by atoms with van der Waals surface area (Å²) in [5, 5.41) is 13.2. The van der Waals surface area contributed by atoms with E-state index in [0.29, 0.717) is 24.4 Å². The van der Waals surface area contributed by atoms with Gasteiger partial charge in [0.05, 0.1) is 18.8 Å². The molecule has 3 rings (SSSR count). The monoisotopic (exact) mass is 303 g/mol. The fourth-order valence-corrected chi connectivity index (χ4v) is 2.69. The molecule has 0 saturated carbocycles. The highest BCUT2D eigenvalue weighted by atomic mass is 16.5. The van der Waals surface area contributed by atoms with Gasteiger partial charge in [0.2, 0.25) is 12.2 Å². The Kier molecular flexibility index (Phi) is 4.17. The van der Waals surface area contributed by atoms with Gasteiger partial charge in [0.15, 0.2) is 0 Å². The molecule has 1 aromatic carbocycles. The van der Waals surface area contributed by atoms with Crippen LogP contribution in [0.4, 0.5) is 0 Å².